The van der Waals surface area contributed by atoms with E-state index in [0.29, 0.717) is 0 Å². The Kier molecular flexibility index (Phi) is 4.47. The van der Waals surface area contributed by atoms with E-state index in [1.807, 2.05) is 0 Å². The molecule has 17 heavy (non-hydrogen) atoms. The number of hydrogen-bond donors (Lipinski definition) is 3. The fourth-order valence-electron chi connectivity index (χ4n) is 1.19. The van der Waals surface area contributed by atoms with Gasteiger partial charge in [-0.15, -0.1) is 0 Å². The van der Waals surface area contributed by atoms with Crippen LogP contribution in [0.15, 0.2) is 29.2 Å². The summed E-state index contributed by atoms with van der Waals surface area (Å²) in [5, 5.41) is 11.9. The molecule has 0 aromatic heterocycles. The van der Waals surface area contributed by atoms with E-state index in [9.17, 15) is 18.3 Å². The number of amides is 1. The van der Waals surface area contributed by atoms with Crippen LogP contribution in [-0.2, 0) is 14.8 Å². The maximum Gasteiger partial charge on any atom is 0.244 e. The van der Waals surface area contributed by atoms with E-state index < -0.39 is 10.0 Å². The zero-order valence-electron chi connectivity index (χ0n) is 9.30. The van der Waals surface area contributed by atoms with Gasteiger partial charge in [0.2, 0.25) is 15.9 Å². The topological polar surface area (TPSA) is 95.5 Å². The van der Waals surface area contributed by atoms with Crippen LogP contribution in [0.25, 0.3) is 0 Å². The number of benzene rings is 1. The van der Waals surface area contributed by atoms with Crippen molar-refractivity contribution >= 4 is 15.9 Å². The van der Waals surface area contributed by atoms with Crippen molar-refractivity contribution in [3.05, 3.63) is 24.3 Å². The lowest BCUT2D eigenvalue weighted by Crippen LogP contribution is -2.33. The van der Waals surface area contributed by atoms with Gasteiger partial charge >= 0.3 is 0 Å². The fourth-order valence-corrected chi connectivity index (χ4v) is 2.31. The number of hydrogen-bond acceptors (Lipinski definition) is 4. The number of nitrogens with one attached hydrogen (secondary N) is 2. The minimum absolute atomic E-state index is 0.0657. The van der Waals surface area contributed by atoms with Gasteiger partial charge in [0.15, 0.2) is 0 Å². The van der Waals surface area contributed by atoms with Gasteiger partial charge in [-0.3, -0.25) is 4.79 Å². The molecule has 3 N–H and O–H groups in total. The van der Waals surface area contributed by atoms with Gasteiger partial charge in [-0.1, -0.05) is 12.1 Å². The van der Waals surface area contributed by atoms with Gasteiger partial charge in [-0.2, -0.15) is 0 Å². The number of rotatable bonds is 5. The van der Waals surface area contributed by atoms with Crippen molar-refractivity contribution in [2.24, 2.45) is 0 Å². The number of sulfonamides is 1. The van der Waals surface area contributed by atoms with Gasteiger partial charge < -0.3 is 10.4 Å². The Morgan fingerprint density at radius 2 is 1.94 bits per heavy atom. The molecule has 1 rings (SSSR count). The standard InChI is InChI=1S/C10H14N2O4S/c1-8(13)11-6-7-12-17(15,16)10-5-3-2-4-9(10)14/h2-5,12,14H,6-7H2,1H3,(H,11,13). The number of carbonyl (C=O) groups excluding carboxylic acids is 1. The number of phenols is 1. The summed E-state index contributed by atoms with van der Waals surface area (Å²) in [4.78, 5) is 10.4. The number of para-hydroxylation sites is 1. The first-order valence-electron chi connectivity index (χ1n) is 4.95. The number of aromatic hydroxyl groups is 1. The number of phenolic OH excluding ortho intramolecular Hbond substituents is 1. The highest BCUT2D eigenvalue weighted by molar-refractivity contribution is 7.89. The first-order valence-corrected chi connectivity index (χ1v) is 6.44. The lowest BCUT2D eigenvalue weighted by molar-refractivity contribution is -0.118. The third-order valence-electron chi connectivity index (χ3n) is 1.95. The summed E-state index contributed by atoms with van der Waals surface area (Å²) in [6, 6.07) is 5.65. The predicted molar refractivity (Wildman–Crippen MR) is 62.0 cm³/mol. The molecule has 6 nitrogen and oxygen atoms in total. The average Bonchev–Trinajstić information content (AvgIpc) is 2.24. The predicted octanol–water partition coefficient (Wildman–Crippen LogP) is -0.193. The minimum Gasteiger partial charge on any atom is -0.507 e. The molecule has 0 aliphatic carbocycles. The first-order chi connectivity index (χ1) is 7.93. The zero-order valence-corrected chi connectivity index (χ0v) is 10.1. The quantitative estimate of drug-likeness (QED) is 0.638. The summed E-state index contributed by atoms with van der Waals surface area (Å²) >= 11 is 0. The molecule has 7 heteroatoms. The molecule has 1 aromatic carbocycles. The summed E-state index contributed by atoms with van der Waals surface area (Å²) in [6.45, 7) is 1.61. The molecule has 0 aliphatic rings. The van der Waals surface area contributed by atoms with Crippen molar-refractivity contribution < 1.29 is 18.3 Å². The molecule has 0 unspecified atom stereocenters. The Bertz CT molecular complexity index is 499. The van der Waals surface area contributed by atoms with Gasteiger partial charge in [0.05, 0.1) is 0 Å². The highest BCUT2D eigenvalue weighted by Gasteiger charge is 2.16. The maximum atomic E-state index is 11.7. The van der Waals surface area contributed by atoms with E-state index >= 15 is 0 Å². The molecule has 0 fully saturated rings. The highest BCUT2D eigenvalue weighted by atomic mass is 32.2. The van der Waals surface area contributed by atoms with Crippen LogP contribution in [0.5, 0.6) is 5.75 Å². The number of carbonyl (C=O) groups is 1. The van der Waals surface area contributed by atoms with E-state index in [4.69, 9.17) is 0 Å². The fraction of sp³-hybridized carbons (Fsp3) is 0.300. The summed E-state index contributed by atoms with van der Waals surface area (Å²) in [5.41, 5.74) is 0. The minimum atomic E-state index is -3.74. The van der Waals surface area contributed by atoms with Crippen LogP contribution in [-0.4, -0.2) is 32.5 Å². The smallest absolute Gasteiger partial charge is 0.244 e. The van der Waals surface area contributed by atoms with Crippen LogP contribution < -0.4 is 10.0 Å². The second-order valence-electron chi connectivity index (χ2n) is 3.35. The summed E-state index contributed by atoms with van der Waals surface area (Å²) in [7, 11) is -3.74. The molecular formula is C10H14N2O4S. The molecule has 0 saturated heterocycles. The van der Waals surface area contributed by atoms with Crippen molar-refractivity contribution in [2.45, 2.75) is 11.8 Å². The Balaban J connectivity index is 2.64. The molecule has 0 saturated carbocycles. The van der Waals surface area contributed by atoms with Crippen molar-refractivity contribution in [3.63, 3.8) is 0 Å². The molecule has 0 heterocycles. The van der Waals surface area contributed by atoms with Crippen LogP contribution in [0.1, 0.15) is 6.92 Å². The Morgan fingerprint density at radius 1 is 1.29 bits per heavy atom. The second-order valence-corrected chi connectivity index (χ2v) is 5.08. The van der Waals surface area contributed by atoms with Crippen molar-refractivity contribution in [2.75, 3.05) is 13.1 Å². The summed E-state index contributed by atoms with van der Waals surface area (Å²) in [5.74, 6) is -0.536. The lowest BCUT2D eigenvalue weighted by Gasteiger charge is -2.08. The van der Waals surface area contributed by atoms with Crippen LogP contribution in [0.4, 0.5) is 0 Å². The second kappa shape index (κ2) is 5.65. The van der Waals surface area contributed by atoms with Crippen LogP contribution in [0.3, 0.4) is 0 Å². The molecule has 0 spiro atoms. The van der Waals surface area contributed by atoms with Crippen molar-refractivity contribution in [1.82, 2.24) is 10.0 Å². The molecule has 0 radical (unpaired) electrons. The summed E-state index contributed by atoms with van der Waals surface area (Å²) < 4.78 is 25.7. The molecule has 1 aromatic rings. The van der Waals surface area contributed by atoms with Gasteiger partial charge in [0.25, 0.3) is 0 Å². The SMILES string of the molecule is CC(=O)NCCNS(=O)(=O)c1ccccc1O. The Labute approximate surface area is 99.7 Å². The maximum absolute atomic E-state index is 11.7. The van der Waals surface area contributed by atoms with E-state index in [2.05, 4.69) is 10.0 Å². The highest BCUT2D eigenvalue weighted by Crippen LogP contribution is 2.20. The monoisotopic (exact) mass is 258 g/mol. The van der Waals surface area contributed by atoms with Crippen molar-refractivity contribution in [1.29, 1.82) is 0 Å². The van der Waals surface area contributed by atoms with Crippen LogP contribution >= 0.6 is 0 Å². The van der Waals surface area contributed by atoms with Crippen molar-refractivity contribution in [3.8, 4) is 5.75 Å². The lowest BCUT2D eigenvalue weighted by atomic mass is 10.3. The molecule has 94 valence electrons. The van der Waals surface area contributed by atoms with Gasteiger partial charge in [-0.05, 0) is 12.1 Å². The van der Waals surface area contributed by atoms with Gasteiger partial charge in [-0.25, -0.2) is 13.1 Å². The van der Waals surface area contributed by atoms with Gasteiger partial charge in [0.1, 0.15) is 10.6 Å². The largest absolute Gasteiger partial charge is 0.507 e. The molecular weight excluding hydrogens is 244 g/mol. The van der Waals surface area contributed by atoms with E-state index in [1.54, 1.807) is 0 Å². The normalized spacial score (nSPS) is 11.1. The Hall–Kier alpha value is -1.60. The summed E-state index contributed by atoms with van der Waals surface area (Å²) in [6.07, 6.45) is 0. The third kappa shape index (κ3) is 4.04. The molecule has 0 bridgehead atoms. The first kappa shape index (κ1) is 13.5. The zero-order chi connectivity index (χ0) is 12.9. The van der Waals surface area contributed by atoms with E-state index in [1.165, 1.54) is 31.2 Å². The van der Waals surface area contributed by atoms with Gasteiger partial charge in [0, 0.05) is 20.0 Å². The van der Waals surface area contributed by atoms with Crippen LogP contribution in [0.2, 0.25) is 0 Å². The Morgan fingerprint density at radius 3 is 2.53 bits per heavy atom. The molecule has 0 atom stereocenters. The van der Waals surface area contributed by atoms with E-state index in [-0.39, 0.29) is 29.6 Å². The molecule has 1 amide bonds. The third-order valence-corrected chi connectivity index (χ3v) is 3.45. The van der Waals surface area contributed by atoms with E-state index in [0.717, 1.165) is 0 Å². The van der Waals surface area contributed by atoms with Crippen LogP contribution in [0, 0.1) is 0 Å². The molecule has 0 aliphatic heterocycles. The average molecular weight is 258 g/mol.